The zero-order valence-corrected chi connectivity index (χ0v) is 10.2. The Labute approximate surface area is 97.7 Å². The molecule has 0 saturated carbocycles. The second-order valence-corrected chi connectivity index (χ2v) is 5.47. The molecule has 0 aromatic heterocycles. The Kier molecular flexibility index (Phi) is 4.49. The van der Waals surface area contributed by atoms with E-state index in [0.29, 0.717) is 17.1 Å². The van der Waals surface area contributed by atoms with Crippen LogP contribution in [0.2, 0.25) is 0 Å². The molecule has 1 aromatic rings. The van der Waals surface area contributed by atoms with Gasteiger partial charge >= 0.3 is 0 Å². The fraction of sp³-hybridized carbons (Fsp3) is 0.364. The number of anilines is 2. The summed E-state index contributed by atoms with van der Waals surface area (Å²) >= 11 is 0. The van der Waals surface area contributed by atoms with Crippen LogP contribution in [-0.2, 0) is 15.6 Å². The van der Waals surface area contributed by atoms with Crippen molar-refractivity contribution in [2.24, 2.45) is 0 Å². The molecule has 5 heteroatoms. The molecule has 0 aliphatic carbocycles. The molecular weight excluding hydrogens is 224 g/mol. The van der Waals surface area contributed by atoms with Crippen LogP contribution < -0.4 is 11.1 Å². The van der Waals surface area contributed by atoms with Crippen LogP contribution in [0.1, 0.15) is 13.8 Å². The summed E-state index contributed by atoms with van der Waals surface area (Å²) in [6, 6.07) is 6.85. The third-order valence-corrected chi connectivity index (χ3v) is 3.80. The van der Waals surface area contributed by atoms with E-state index < -0.39 is 16.0 Å². The maximum atomic E-state index is 11.7. The molecule has 0 heterocycles. The Morgan fingerprint density at radius 2 is 2.00 bits per heavy atom. The summed E-state index contributed by atoms with van der Waals surface area (Å²) in [6.07, 6.45) is 0. The number of nitrogens with one attached hydrogen (secondary N) is 1. The molecule has 3 N–H and O–H groups in total. The summed E-state index contributed by atoms with van der Waals surface area (Å²) in [5, 5.41) is 2.20. The molecule has 88 valence electrons. The van der Waals surface area contributed by atoms with Gasteiger partial charge in [0.2, 0.25) is 5.91 Å². The number of carbonyl (C=O) groups is 1. The van der Waals surface area contributed by atoms with Crippen molar-refractivity contribution in [3.8, 4) is 0 Å². The van der Waals surface area contributed by atoms with Crippen molar-refractivity contribution in [3.05, 3.63) is 24.3 Å². The first-order valence-corrected chi connectivity index (χ1v) is 6.46. The number of rotatable bonds is 4. The van der Waals surface area contributed by atoms with Crippen molar-refractivity contribution >= 4 is 28.1 Å². The lowest BCUT2D eigenvalue weighted by molar-refractivity contribution is -0.115. The zero-order chi connectivity index (χ0) is 12.1. The van der Waals surface area contributed by atoms with Gasteiger partial charge in [-0.05, 0) is 31.2 Å². The minimum absolute atomic E-state index is 0.232. The van der Waals surface area contributed by atoms with Crippen LogP contribution in [0.15, 0.2) is 24.3 Å². The van der Waals surface area contributed by atoms with E-state index in [1.807, 2.05) is 0 Å². The molecule has 16 heavy (non-hydrogen) atoms. The number of nitrogens with two attached hydrogens (primary N) is 1. The number of hydrogen-bond donors (Lipinski definition) is 2. The summed E-state index contributed by atoms with van der Waals surface area (Å²) < 4.78 is 11.4. The highest BCUT2D eigenvalue weighted by Crippen LogP contribution is 2.11. The predicted molar refractivity (Wildman–Crippen MR) is 67.6 cm³/mol. The SMILES string of the molecule is CCS(=O)C(C)C(=O)Nc1ccc(N)cc1. The third kappa shape index (κ3) is 3.34. The van der Waals surface area contributed by atoms with Gasteiger partial charge in [-0.15, -0.1) is 0 Å². The molecule has 2 unspecified atom stereocenters. The van der Waals surface area contributed by atoms with Crippen LogP contribution in [0, 0.1) is 0 Å². The van der Waals surface area contributed by atoms with Crippen LogP contribution in [-0.4, -0.2) is 21.1 Å². The van der Waals surface area contributed by atoms with E-state index in [9.17, 15) is 9.00 Å². The monoisotopic (exact) mass is 240 g/mol. The van der Waals surface area contributed by atoms with Crippen LogP contribution in [0.4, 0.5) is 11.4 Å². The average Bonchev–Trinajstić information content (AvgIpc) is 2.30. The largest absolute Gasteiger partial charge is 0.399 e. The Morgan fingerprint density at radius 1 is 1.44 bits per heavy atom. The van der Waals surface area contributed by atoms with Crippen molar-refractivity contribution in [2.45, 2.75) is 19.1 Å². The van der Waals surface area contributed by atoms with E-state index in [4.69, 9.17) is 5.73 Å². The fourth-order valence-corrected chi connectivity index (χ4v) is 1.98. The van der Waals surface area contributed by atoms with Crippen molar-refractivity contribution in [1.29, 1.82) is 0 Å². The average molecular weight is 240 g/mol. The summed E-state index contributed by atoms with van der Waals surface area (Å²) in [7, 11) is -1.12. The molecule has 0 saturated heterocycles. The van der Waals surface area contributed by atoms with Gasteiger partial charge in [-0.3, -0.25) is 9.00 Å². The predicted octanol–water partition coefficient (Wildman–Crippen LogP) is 1.36. The molecule has 1 rings (SSSR count). The number of benzene rings is 1. The van der Waals surface area contributed by atoms with Gasteiger partial charge in [0.05, 0.1) is 0 Å². The molecule has 1 amide bonds. The zero-order valence-electron chi connectivity index (χ0n) is 9.40. The highest BCUT2D eigenvalue weighted by molar-refractivity contribution is 7.86. The quantitative estimate of drug-likeness (QED) is 0.781. The smallest absolute Gasteiger partial charge is 0.239 e. The van der Waals surface area contributed by atoms with Crippen LogP contribution in [0.25, 0.3) is 0 Å². The third-order valence-electron chi connectivity index (χ3n) is 2.23. The standard InChI is InChI=1S/C11H16N2O2S/c1-3-16(15)8(2)11(14)13-10-6-4-9(12)5-7-10/h4-8H,3,12H2,1-2H3,(H,13,14). The molecule has 0 spiro atoms. The molecule has 0 bridgehead atoms. The molecule has 4 nitrogen and oxygen atoms in total. The first-order chi connectivity index (χ1) is 7.54. The second kappa shape index (κ2) is 5.65. The van der Waals surface area contributed by atoms with E-state index in [1.165, 1.54) is 0 Å². The summed E-state index contributed by atoms with van der Waals surface area (Å²) in [4.78, 5) is 11.7. The van der Waals surface area contributed by atoms with Crippen molar-refractivity contribution in [3.63, 3.8) is 0 Å². The normalized spacial score (nSPS) is 14.1. The maximum Gasteiger partial charge on any atom is 0.239 e. The van der Waals surface area contributed by atoms with Gasteiger partial charge in [0.15, 0.2) is 0 Å². The topological polar surface area (TPSA) is 72.2 Å². The first kappa shape index (κ1) is 12.7. The number of nitrogen functional groups attached to an aromatic ring is 1. The number of amides is 1. The lowest BCUT2D eigenvalue weighted by Crippen LogP contribution is -2.29. The Morgan fingerprint density at radius 3 is 2.50 bits per heavy atom. The molecule has 0 fully saturated rings. The first-order valence-electron chi connectivity index (χ1n) is 5.08. The highest BCUT2D eigenvalue weighted by Gasteiger charge is 2.18. The van der Waals surface area contributed by atoms with Crippen molar-refractivity contribution < 1.29 is 9.00 Å². The molecule has 0 aliphatic heterocycles. The molecule has 2 atom stereocenters. The Balaban J connectivity index is 2.64. The van der Waals surface area contributed by atoms with Crippen molar-refractivity contribution in [2.75, 3.05) is 16.8 Å². The lowest BCUT2D eigenvalue weighted by atomic mass is 10.3. The summed E-state index contributed by atoms with van der Waals surface area (Å²) in [5.74, 6) is 0.251. The van der Waals surface area contributed by atoms with Gasteiger partial charge in [0.25, 0.3) is 0 Å². The van der Waals surface area contributed by atoms with Gasteiger partial charge in [-0.2, -0.15) is 0 Å². The fourth-order valence-electron chi connectivity index (χ4n) is 1.18. The molecule has 1 aromatic carbocycles. The molecule has 0 aliphatic rings. The molecule has 0 radical (unpaired) electrons. The van der Waals surface area contributed by atoms with Gasteiger partial charge in [-0.1, -0.05) is 6.92 Å². The summed E-state index contributed by atoms with van der Waals surface area (Å²) in [6.45, 7) is 3.45. The van der Waals surface area contributed by atoms with Crippen molar-refractivity contribution in [1.82, 2.24) is 0 Å². The molecular formula is C11H16N2O2S. The van der Waals surface area contributed by atoms with Gasteiger partial charge in [0.1, 0.15) is 5.25 Å². The highest BCUT2D eigenvalue weighted by atomic mass is 32.2. The van der Waals surface area contributed by atoms with Gasteiger partial charge in [-0.25, -0.2) is 0 Å². The van der Waals surface area contributed by atoms with E-state index in [0.717, 1.165) is 0 Å². The van der Waals surface area contributed by atoms with E-state index in [-0.39, 0.29) is 5.91 Å². The minimum atomic E-state index is -1.12. The van der Waals surface area contributed by atoms with Gasteiger partial charge in [0, 0.05) is 27.9 Å². The van der Waals surface area contributed by atoms with Crippen LogP contribution in [0.5, 0.6) is 0 Å². The number of carbonyl (C=O) groups excluding carboxylic acids is 1. The summed E-state index contributed by atoms with van der Waals surface area (Å²) in [5.41, 5.74) is 6.83. The number of hydrogen-bond acceptors (Lipinski definition) is 3. The van der Waals surface area contributed by atoms with E-state index in [2.05, 4.69) is 5.32 Å². The van der Waals surface area contributed by atoms with Crippen LogP contribution >= 0.6 is 0 Å². The Hall–Kier alpha value is -1.36. The van der Waals surface area contributed by atoms with Crippen LogP contribution in [0.3, 0.4) is 0 Å². The maximum absolute atomic E-state index is 11.7. The lowest BCUT2D eigenvalue weighted by Gasteiger charge is -2.10. The van der Waals surface area contributed by atoms with E-state index in [1.54, 1.807) is 38.1 Å². The Bertz CT molecular complexity index is 389. The van der Waals surface area contributed by atoms with E-state index >= 15 is 0 Å². The van der Waals surface area contributed by atoms with Gasteiger partial charge < -0.3 is 11.1 Å². The minimum Gasteiger partial charge on any atom is -0.399 e. The second-order valence-electron chi connectivity index (χ2n) is 3.42.